The second-order valence-electron chi connectivity index (χ2n) is 14.7. The Kier molecular flexibility index (Phi) is 9.42. The average Bonchev–Trinajstić information content (AvgIpc) is 3.04. The van der Waals surface area contributed by atoms with Crippen LogP contribution in [0.25, 0.3) is 0 Å². The van der Waals surface area contributed by atoms with Crippen molar-refractivity contribution in [3.05, 3.63) is 65.5 Å². The van der Waals surface area contributed by atoms with Crippen LogP contribution >= 0.6 is 0 Å². The van der Waals surface area contributed by atoms with Crippen LogP contribution in [0.2, 0.25) is 0 Å². The molecule has 5 aliphatic rings. The number of carbonyl (C=O) groups excluding carboxylic acids is 5. The summed E-state index contributed by atoms with van der Waals surface area (Å²) in [7, 11) is -3.93. The van der Waals surface area contributed by atoms with Gasteiger partial charge in [-0.15, -0.1) is 0 Å². The first kappa shape index (κ1) is 34.7. The fourth-order valence-corrected chi connectivity index (χ4v) is 9.91. The van der Waals surface area contributed by atoms with E-state index in [0.29, 0.717) is 17.8 Å². The van der Waals surface area contributed by atoms with Crippen LogP contribution in [0.15, 0.2) is 48.5 Å². The molecule has 4 fully saturated rings. The second kappa shape index (κ2) is 13.3. The number of nitrogens with one attached hydrogen (secondary N) is 2. The van der Waals surface area contributed by atoms with Crippen LogP contribution < -0.4 is 14.9 Å². The normalized spacial score (nSPS) is 28.6. The first-order valence-electron chi connectivity index (χ1n) is 16.9. The SMILES string of the molecule is CC(=O)N1[C@H](CC23CC4CC(CC(C4)C2)C3)C(=O)N(Cc2ccccc2F)c2ccccc2C(=O)C[C@H]1C(=O)N[C@H](C)C(=O)NS(C)(=O)=O. The standard InChI is InChI=1S/C36H43FN4O7S/c1-21(33(44)39-49(3,47)48)38-34(45)30-15-32(43)27-9-5-7-11-29(27)40(20-26-8-4-6-10-28(26)37)35(46)31(41(30)22(2)42)19-36-16-23-12-24(17-36)14-25(13-23)18-36/h4-11,21,23-25,30-31H,12-20H2,1-3H3,(H,38,45)(H,39,44)/t21-,23?,24?,25?,30+,31-,36?/m1/s1. The van der Waals surface area contributed by atoms with Gasteiger partial charge >= 0.3 is 0 Å². The van der Waals surface area contributed by atoms with Gasteiger partial charge in [0.15, 0.2) is 5.78 Å². The fraction of sp³-hybridized carbons (Fsp3) is 0.528. The molecule has 3 atom stereocenters. The molecular weight excluding hydrogens is 651 g/mol. The van der Waals surface area contributed by atoms with E-state index in [1.54, 1.807) is 36.4 Å². The molecule has 49 heavy (non-hydrogen) atoms. The third-order valence-corrected chi connectivity index (χ3v) is 11.5. The smallest absolute Gasteiger partial charge is 0.255 e. The highest BCUT2D eigenvalue weighted by Gasteiger charge is 2.54. The van der Waals surface area contributed by atoms with Gasteiger partial charge in [0.05, 0.1) is 18.5 Å². The van der Waals surface area contributed by atoms with Crippen LogP contribution in [-0.4, -0.2) is 67.1 Å². The van der Waals surface area contributed by atoms with E-state index < -0.39 is 69.8 Å². The Morgan fingerprint density at radius 3 is 2.14 bits per heavy atom. The van der Waals surface area contributed by atoms with Crippen molar-refractivity contribution in [2.24, 2.45) is 23.2 Å². The van der Waals surface area contributed by atoms with E-state index >= 15 is 9.18 Å². The summed E-state index contributed by atoms with van der Waals surface area (Å²) in [6.07, 6.45) is 6.72. The topological polar surface area (TPSA) is 150 Å². The van der Waals surface area contributed by atoms with Crippen LogP contribution in [0.5, 0.6) is 0 Å². The zero-order valence-electron chi connectivity index (χ0n) is 28.0. The molecule has 262 valence electrons. The van der Waals surface area contributed by atoms with E-state index in [0.717, 1.165) is 44.8 Å². The summed E-state index contributed by atoms with van der Waals surface area (Å²) in [5.41, 5.74) is 0.349. The molecule has 0 unspecified atom stereocenters. The van der Waals surface area contributed by atoms with E-state index in [-0.39, 0.29) is 35.2 Å². The Morgan fingerprint density at radius 2 is 1.55 bits per heavy atom. The van der Waals surface area contributed by atoms with Crippen molar-refractivity contribution >= 4 is 45.1 Å². The molecule has 1 heterocycles. The van der Waals surface area contributed by atoms with E-state index in [1.165, 1.54) is 35.8 Å². The Balaban J connectivity index is 1.46. The molecule has 7 rings (SSSR count). The van der Waals surface area contributed by atoms with Gasteiger partial charge in [0, 0.05) is 24.5 Å². The first-order valence-corrected chi connectivity index (χ1v) is 18.8. The Labute approximate surface area is 286 Å². The molecule has 2 aromatic rings. The Bertz CT molecular complexity index is 1760. The van der Waals surface area contributed by atoms with E-state index in [4.69, 9.17) is 0 Å². The number of para-hydroxylation sites is 1. The zero-order chi connectivity index (χ0) is 35.2. The summed E-state index contributed by atoms with van der Waals surface area (Å²) in [5.74, 6) is -2.50. The highest BCUT2D eigenvalue weighted by molar-refractivity contribution is 7.89. The molecule has 4 saturated carbocycles. The minimum absolute atomic E-state index is 0.131. The van der Waals surface area contributed by atoms with Crippen molar-refractivity contribution in [2.75, 3.05) is 11.2 Å². The molecule has 4 amide bonds. The number of nitrogens with zero attached hydrogens (tertiary/aromatic N) is 2. The quantitative estimate of drug-likeness (QED) is 0.428. The third kappa shape index (κ3) is 7.27. The predicted molar refractivity (Wildman–Crippen MR) is 179 cm³/mol. The molecule has 4 aliphatic carbocycles. The maximum Gasteiger partial charge on any atom is 0.255 e. The number of amides is 4. The molecule has 11 nitrogen and oxygen atoms in total. The Hall–Kier alpha value is -4.13. The molecule has 0 aromatic heterocycles. The lowest BCUT2D eigenvalue weighted by Crippen LogP contribution is -2.61. The monoisotopic (exact) mass is 694 g/mol. The number of sulfonamides is 1. The van der Waals surface area contributed by atoms with Crippen LogP contribution in [0.4, 0.5) is 10.1 Å². The van der Waals surface area contributed by atoms with E-state index in [2.05, 4.69) is 5.32 Å². The lowest BCUT2D eigenvalue weighted by molar-refractivity contribution is -0.149. The number of ketones is 1. The molecule has 4 bridgehead atoms. The van der Waals surface area contributed by atoms with Crippen molar-refractivity contribution in [2.45, 2.75) is 89.9 Å². The molecule has 0 radical (unpaired) electrons. The molecular formula is C36H43FN4O7S. The van der Waals surface area contributed by atoms with Crippen LogP contribution in [-0.2, 0) is 35.7 Å². The van der Waals surface area contributed by atoms with Crippen LogP contribution in [0.1, 0.15) is 81.1 Å². The average molecular weight is 695 g/mol. The molecule has 2 N–H and O–H groups in total. The molecule has 0 saturated heterocycles. The van der Waals surface area contributed by atoms with Crippen molar-refractivity contribution in [3.63, 3.8) is 0 Å². The maximum absolute atomic E-state index is 15.2. The van der Waals surface area contributed by atoms with Gasteiger partial charge in [-0.3, -0.25) is 28.7 Å². The zero-order valence-corrected chi connectivity index (χ0v) is 28.8. The van der Waals surface area contributed by atoms with Gasteiger partial charge in [0.25, 0.3) is 5.91 Å². The number of rotatable bonds is 8. The lowest BCUT2D eigenvalue weighted by atomic mass is 9.48. The van der Waals surface area contributed by atoms with Gasteiger partial charge in [-0.05, 0) is 93.2 Å². The number of carbonyl (C=O) groups is 5. The number of hydrogen-bond acceptors (Lipinski definition) is 7. The molecule has 13 heteroatoms. The number of anilines is 1. The summed E-state index contributed by atoms with van der Waals surface area (Å²) in [6.45, 7) is 2.33. The van der Waals surface area contributed by atoms with Gasteiger partial charge in [-0.1, -0.05) is 30.3 Å². The van der Waals surface area contributed by atoms with Crippen molar-refractivity contribution < 1.29 is 36.8 Å². The molecule has 1 aliphatic heterocycles. The highest BCUT2D eigenvalue weighted by atomic mass is 32.2. The summed E-state index contributed by atoms with van der Waals surface area (Å²) >= 11 is 0. The van der Waals surface area contributed by atoms with Crippen molar-refractivity contribution in [1.29, 1.82) is 0 Å². The maximum atomic E-state index is 15.2. The number of halogens is 1. The number of benzene rings is 2. The van der Waals surface area contributed by atoms with Crippen LogP contribution in [0.3, 0.4) is 0 Å². The van der Waals surface area contributed by atoms with Crippen LogP contribution in [0, 0.1) is 29.0 Å². The van der Waals surface area contributed by atoms with E-state index in [9.17, 15) is 27.6 Å². The van der Waals surface area contributed by atoms with Crippen molar-refractivity contribution in [3.8, 4) is 0 Å². The van der Waals surface area contributed by atoms with Gasteiger partial charge in [-0.2, -0.15) is 0 Å². The van der Waals surface area contributed by atoms with Crippen molar-refractivity contribution in [1.82, 2.24) is 14.9 Å². The molecule has 0 spiro atoms. The number of fused-ring (bicyclic) bond motifs is 1. The minimum Gasteiger partial charge on any atom is -0.343 e. The first-order chi connectivity index (χ1) is 23.1. The summed E-state index contributed by atoms with van der Waals surface area (Å²) in [4.78, 5) is 72.3. The summed E-state index contributed by atoms with van der Waals surface area (Å²) < 4.78 is 40.4. The summed E-state index contributed by atoms with van der Waals surface area (Å²) in [5, 5.41) is 2.49. The summed E-state index contributed by atoms with van der Waals surface area (Å²) in [6, 6.07) is 8.49. The molecule has 2 aromatic carbocycles. The van der Waals surface area contributed by atoms with Gasteiger partial charge in [0.2, 0.25) is 27.7 Å². The Morgan fingerprint density at radius 1 is 0.959 bits per heavy atom. The largest absolute Gasteiger partial charge is 0.343 e. The lowest BCUT2D eigenvalue weighted by Gasteiger charge is -2.58. The van der Waals surface area contributed by atoms with Gasteiger partial charge < -0.3 is 15.1 Å². The van der Waals surface area contributed by atoms with Gasteiger partial charge in [-0.25, -0.2) is 12.8 Å². The fourth-order valence-electron chi connectivity index (χ4n) is 9.36. The second-order valence-corrected chi connectivity index (χ2v) is 16.5. The number of hydrogen-bond donors (Lipinski definition) is 2. The van der Waals surface area contributed by atoms with E-state index in [1.807, 2.05) is 4.72 Å². The van der Waals surface area contributed by atoms with Gasteiger partial charge in [0.1, 0.15) is 23.9 Å². The minimum atomic E-state index is -3.93. The predicted octanol–water partition coefficient (Wildman–Crippen LogP) is 3.72. The third-order valence-electron chi connectivity index (χ3n) is 10.9. The highest BCUT2D eigenvalue weighted by Crippen LogP contribution is 2.62. The number of Topliss-reactive ketones (excluding diaryl/α,β-unsaturated/α-hetero) is 1.